The first kappa shape index (κ1) is 21.3. The molecule has 4 N–H and O–H groups in total. The number of carbonyl (C=O) groups is 2. The zero-order chi connectivity index (χ0) is 21.0. The van der Waals surface area contributed by atoms with E-state index in [9.17, 15) is 9.59 Å². The largest absolute Gasteiger partial charge is 0.379 e. The molecule has 2 aromatic rings. The minimum absolute atomic E-state index is 0.147. The molecule has 1 fully saturated rings. The second-order valence-electron chi connectivity index (χ2n) is 7.31. The molecule has 1 aliphatic heterocycles. The molecule has 0 unspecified atom stereocenters. The summed E-state index contributed by atoms with van der Waals surface area (Å²) in [5.41, 5.74) is 7.13. The van der Waals surface area contributed by atoms with Crippen molar-refractivity contribution in [2.75, 3.05) is 50.4 Å². The van der Waals surface area contributed by atoms with E-state index in [0.29, 0.717) is 28.8 Å². The number of nitrogens with one attached hydrogen (secondary N) is 2. The molecule has 29 heavy (non-hydrogen) atoms. The summed E-state index contributed by atoms with van der Waals surface area (Å²) in [6, 6.07) is 1.66. The molecule has 0 saturated carbocycles. The van der Waals surface area contributed by atoms with E-state index in [0.717, 1.165) is 37.7 Å². The van der Waals surface area contributed by atoms with E-state index in [-0.39, 0.29) is 17.7 Å². The van der Waals surface area contributed by atoms with Gasteiger partial charge in [0.15, 0.2) is 5.13 Å². The molecule has 0 bridgehead atoms. The predicted molar refractivity (Wildman–Crippen MR) is 114 cm³/mol. The summed E-state index contributed by atoms with van der Waals surface area (Å²) in [6.45, 7) is 8.56. The first-order valence-electron chi connectivity index (χ1n) is 9.67. The van der Waals surface area contributed by atoms with E-state index in [1.54, 1.807) is 23.9 Å². The Morgan fingerprint density at radius 2 is 2.03 bits per heavy atom. The van der Waals surface area contributed by atoms with Gasteiger partial charge in [0.05, 0.1) is 18.9 Å². The van der Waals surface area contributed by atoms with Gasteiger partial charge in [-0.25, -0.2) is 4.98 Å². The number of nitrogens with zero attached hydrogens (tertiary/aromatic N) is 3. The summed E-state index contributed by atoms with van der Waals surface area (Å²) >= 11 is 1.32. The molecule has 10 heteroatoms. The summed E-state index contributed by atoms with van der Waals surface area (Å²) in [4.78, 5) is 32.4. The van der Waals surface area contributed by atoms with Crippen LogP contribution < -0.4 is 16.4 Å². The summed E-state index contributed by atoms with van der Waals surface area (Å²) in [7, 11) is 1.77. The number of amides is 2. The Kier molecular flexibility index (Phi) is 6.88. The molecule has 2 aromatic heterocycles. The molecule has 3 heterocycles. The van der Waals surface area contributed by atoms with Crippen LogP contribution >= 0.6 is 11.3 Å². The lowest BCUT2D eigenvalue weighted by Gasteiger charge is -2.26. The lowest BCUT2D eigenvalue weighted by molar-refractivity contribution is 0.0383. The smallest absolute Gasteiger partial charge is 0.275 e. The Bertz CT molecular complexity index is 869. The first-order valence-corrected chi connectivity index (χ1v) is 10.5. The number of rotatable bonds is 7. The number of nitrogen functional groups attached to an aromatic ring is 1. The van der Waals surface area contributed by atoms with Crippen LogP contribution in [-0.4, -0.2) is 65.7 Å². The number of aromatic nitrogens is 2. The van der Waals surface area contributed by atoms with Crippen LogP contribution in [0.2, 0.25) is 0 Å². The number of nitrogens with two attached hydrogens (primary N) is 1. The molecular weight excluding hydrogens is 392 g/mol. The molecule has 0 spiro atoms. The van der Waals surface area contributed by atoms with Gasteiger partial charge in [0, 0.05) is 44.3 Å². The molecule has 1 aliphatic rings. The molecule has 158 valence electrons. The van der Waals surface area contributed by atoms with Gasteiger partial charge in [0.2, 0.25) is 0 Å². The maximum atomic E-state index is 12.6. The average Bonchev–Trinajstić information content (AvgIpc) is 3.25. The van der Waals surface area contributed by atoms with E-state index in [1.165, 1.54) is 11.3 Å². The molecule has 0 aromatic carbocycles. The van der Waals surface area contributed by atoms with Gasteiger partial charge in [0.1, 0.15) is 11.4 Å². The number of carbonyl (C=O) groups excluding carboxylic acids is 2. The van der Waals surface area contributed by atoms with Gasteiger partial charge >= 0.3 is 0 Å². The van der Waals surface area contributed by atoms with Crippen LogP contribution in [0, 0.1) is 0 Å². The van der Waals surface area contributed by atoms with Crippen LogP contribution in [0.25, 0.3) is 0 Å². The van der Waals surface area contributed by atoms with Crippen molar-refractivity contribution in [2.24, 2.45) is 7.05 Å². The highest BCUT2D eigenvalue weighted by molar-refractivity contribution is 7.15. The zero-order valence-corrected chi connectivity index (χ0v) is 17.8. The lowest BCUT2D eigenvalue weighted by atomic mass is 10.1. The predicted octanol–water partition coefficient (Wildman–Crippen LogP) is 1.50. The fraction of sp³-hybridized carbons (Fsp3) is 0.526. The van der Waals surface area contributed by atoms with Gasteiger partial charge in [-0.05, 0) is 12.0 Å². The number of anilines is 2. The average molecular weight is 421 g/mol. The van der Waals surface area contributed by atoms with Crippen LogP contribution in [0.15, 0.2) is 12.3 Å². The monoisotopic (exact) mass is 420 g/mol. The second-order valence-corrected chi connectivity index (χ2v) is 8.37. The third-order valence-electron chi connectivity index (χ3n) is 4.72. The van der Waals surface area contributed by atoms with E-state index >= 15 is 0 Å². The Balaban J connectivity index is 1.59. The molecule has 9 nitrogen and oxygen atoms in total. The Labute approximate surface area is 174 Å². The standard InChI is InChI=1S/C19H28N6O3S/c1-12(2)16-15(23-19(20)29-16)18(27)22-13-10-14(24(3)11-13)17(26)21-4-5-25-6-8-28-9-7-25/h10-12H,4-9H2,1-3H3,(H2,20,23)(H,21,26)(H,22,27). The minimum atomic E-state index is -0.327. The van der Waals surface area contributed by atoms with Crippen molar-refractivity contribution in [3.05, 3.63) is 28.5 Å². The number of hydrogen-bond donors (Lipinski definition) is 3. The molecule has 3 rings (SSSR count). The number of thiazole rings is 1. The summed E-state index contributed by atoms with van der Waals surface area (Å²) in [5, 5.41) is 6.12. The van der Waals surface area contributed by atoms with Gasteiger partial charge in [-0.2, -0.15) is 0 Å². The molecule has 2 amide bonds. The highest BCUT2D eigenvalue weighted by Crippen LogP contribution is 2.28. The van der Waals surface area contributed by atoms with Crippen LogP contribution in [0.3, 0.4) is 0 Å². The van der Waals surface area contributed by atoms with Gasteiger partial charge in [-0.1, -0.05) is 13.8 Å². The van der Waals surface area contributed by atoms with Crippen molar-refractivity contribution >= 4 is 34.0 Å². The third-order valence-corrected chi connectivity index (χ3v) is 5.91. The summed E-state index contributed by atoms with van der Waals surface area (Å²) in [5.74, 6) is -0.359. The van der Waals surface area contributed by atoms with Crippen molar-refractivity contribution in [1.29, 1.82) is 0 Å². The van der Waals surface area contributed by atoms with E-state index < -0.39 is 0 Å². The van der Waals surface area contributed by atoms with Gasteiger partial charge < -0.3 is 25.7 Å². The quantitative estimate of drug-likeness (QED) is 0.625. The molecule has 1 saturated heterocycles. The minimum Gasteiger partial charge on any atom is -0.379 e. The SMILES string of the molecule is CC(C)c1sc(N)nc1C(=O)Nc1cc(C(=O)NCCN2CCOCC2)n(C)c1. The number of hydrogen-bond acceptors (Lipinski definition) is 7. The van der Waals surface area contributed by atoms with Gasteiger partial charge in [0.25, 0.3) is 11.8 Å². The second kappa shape index (κ2) is 9.38. The number of morpholine rings is 1. The maximum Gasteiger partial charge on any atom is 0.275 e. The van der Waals surface area contributed by atoms with Crippen molar-refractivity contribution in [2.45, 2.75) is 19.8 Å². The lowest BCUT2D eigenvalue weighted by Crippen LogP contribution is -2.41. The summed E-state index contributed by atoms with van der Waals surface area (Å²) in [6.07, 6.45) is 1.71. The van der Waals surface area contributed by atoms with Crippen molar-refractivity contribution in [3.63, 3.8) is 0 Å². The number of ether oxygens (including phenoxy) is 1. The Hall–Kier alpha value is -2.43. The van der Waals surface area contributed by atoms with Crippen LogP contribution in [-0.2, 0) is 11.8 Å². The maximum absolute atomic E-state index is 12.6. The van der Waals surface area contributed by atoms with Crippen molar-refractivity contribution < 1.29 is 14.3 Å². The Morgan fingerprint density at radius 3 is 2.72 bits per heavy atom. The van der Waals surface area contributed by atoms with Crippen LogP contribution in [0.1, 0.15) is 45.6 Å². The van der Waals surface area contributed by atoms with Crippen LogP contribution in [0.5, 0.6) is 0 Å². The van der Waals surface area contributed by atoms with Gasteiger partial charge in [-0.3, -0.25) is 14.5 Å². The normalized spacial score (nSPS) is 14.9. The highest BCUT2D eigenvalue weighted by Gasteiger charge is 2.21. The fourth-order valence-electron chi connectivity index (χ4n) is 3.19. The fourth-order valence-corrected chi connectivity index (χ4v) is 4.03. The molecule has 0 aliphatic carbocycles. The van der Waals surface area contributed by atoms with E-state index in [2.05, 4.69) is 20.5 Å². The third kappa shape index (κ3) is 5.34. The first-order chi connectivity index (χ1) is 13.8. The van der Waals surface area contributed by atoms with Crippen molar-refractivity contribution in [1.82, 2.24) is 19.8 Å². The summed E-state index contributed by atoms with van der Waals surface area (Å²) < 4.78 is 7.02. The molecule has 0 radical (unpaired) electrons. The Morgan fingerprint density at radius 1 is 1.31 bits per heavy atom. The van der Waals surface area contributed by atoms with Crippen LogP contribution in [0.4, 0.5) is 10.8 Å². The topological polar surface area (TPSA) is 115 Å². The van der Waals surface area contributed by atoms with Gasteiger partial charge in [-0.15, -0.1) is 11.3 Å². The van der Waals surface area contributed by atoms with E-state index in [4.69, 9.17) is 10.5 Å². The molecule has 0 atom stereocenters. The number of aryl methyl sites for hydroxylation is 1. The van der Waals surface area contributed by atoms with Crippen molar-refractivity contribution in [3.8, 4) is 0 Å². The zero-order valence-electron chi connectivity index (χ0n) is 17.0. The molecular formula is C19H28N6O3S. The van der Waals surface area contributed by atoms with E-state index in [1.807, 2.05) is 13.8 Å². The highest BCUT2D eigenvalue weighted by atomic mass is 32.1.